The lowest BCUT2D eigenvalue weighted by Crippen LogP contribution is -2.13. The van der Waals surface area contributed by atoms with Crippen molar-refractivity contribution in [1.29, 1.82) is 0 Å². The van der Waals surface area contributed by atoms with Crippen LogP contribution in [0, 0.1) is 0 Å². The monoisotopic (exact) mass is 215 g/mol. The van der Waals surface area contributed by atoms with Crippen LogP contribution in [0.5, 0.6) is 5.75 Å². The molecule has 80 valence electrons. The van der Waals surface area contributed by atoms with E-state index in [1.165, 1.54) is 24.5 Å². The maximum absolute atomic E-state index is 11.7. The highest BCUT2D eigenvalue weighted by molar-refractivity contribution is 6.03. The predicted octanol–water partition coefficient (Wildman–Crippen LogP) is 1.43. The number of aromatic hydroxyl groups is 1. The van der Waals surface area contributed by atoms with E-state index in [1.54, 1.807) is 18.2 Å². The average molecular weight is 215 g/mol. The second-order valence-corrected chi connectivity index (χ2v) is 3.08. The van der Waals surface area contributed by atoms with Crippen LogP contribution in [-0.4, -0.2) is 21.0 Å². The Morgan fingerprint density at radius 2 is 1.94 bits per heavy atom. The number of nitrogens with one attached hydrogen (secondary N) is 1. The summed E-state index contributed by atoms with van der Waals surface area (Å²) in [4.78, 5) is 19.4. The molecule has 1 aromatic heterocycles. The first-order valence-electron chi connectivity index (χ1n) is 4.63. The molecular weight excluding hydrogens is 206 g/mol. The summed E-state index contributed by atoms with van der Waals surface area (Å²) in [5, 5.41) is 11.7. The highest BCUT2D eigenvalue weighted by Crippen LogP contribution is 2.11. The van der Waals surface area contributed by atoms with Crippen LogP contribution >= 0.6 is 0 Å². The first kappa shape index (κ1) is 10.1. The van der Waals surface area contributed by atoms with Gasteiger partial charge in [0.2, 0.25) is 5.95 Å². The van der Waals surface area contributed by atoms with Gasteiger partial charge in [0, 0.05) is 18.0 Å². The van der Waals surface area contributed by atoms with E-state index in [0.29, 0.717) is 5.56 Å². The third-order valence-corrected chi connectivity index (χ3v) is 1.90. The van der Waals surface area contributed by atoms with Crippen LogP contribution in [0.3, 0.4) is 0 Å². The van der Waals surface area contributed by atoms with Crippen molar-refractivity contribution in [3.63, 3.8) is 0 Å². The molecule has 5 heteroatoms. The lowest BCUT2D eigenvalue weighted by Gasteiger charge is -2.02. The van der Waals surface area contributed by atoms with Crippen molar-refractivity contribution in [3.05, 3.63) is 48.3 Å². The predicted molar refractivity (Wildman–Crippen MR) is 58.1 cm³/mol. The van der Waals surface area contributed by atoms with Crippen molar-refractivity contribution in [3.8, 4) is 5.75 Å². The average Bonchev–Trinajstić information content (AvgIpc) is 2.30. The largest absolute Gasteiger partial charge is 0.508 e. The number of phenols is 1. The number of carbonyl (C=O) groups excluding carboxylic acids is 1. The molecule has 1 heterocycles. The lowest BCUT2D eigenvalue weighted by molar-refractivity contribution is 0.102. The number of aromatic nitrogens is 2. The molecular formula is C11H9N3O2. The van der Waals surface area contributed by atoms with Crippen molar-refractivity contribution in [2.24, 2.45) is 0 Å². The third-order valence-electron chi connectivity index (χ3n) is 1.90. The second kappa shape index (κ2) is 4.39. The molecule has 0 aliphatic heterocycles. The fraction of sp³-hybridized carbons (Fsp3) is 0. The van der Waals surface area contributed by atoms with Gasteiger partial charge in [-0.05, 0) is 24.3 Å². The molecule has 2 rings (SSSR count). The SMILES string of the molecule is O=C(Nc1ncccn1)c1cccc(O)c1. The summed E-state index contributed by atoms with van der Waals surface area (Å²) in [6.45, 7) is 0. The molecule has 0 saturated carbocycles. The smallest absolute Gasteiger partial charge is 0.258 e. The number of hydrogen-bond donors (Lipinski definition) is 2. The second-order valence-electron chi connectivity index (χ2n) is 3.08. The Morgan fingerprint density at radius 1 is 1.19 bits per heavy atom. The van der Waals surface area contributed by atoms with Gasteiger partial charge in [0.25, 0.3) is 5.91 Å². The molecule has 0 unspecified atom stereocenters. The molecule has 0 spiro atoms. The van der Waals surface area contributed by atoms with Crippen LogP contribution in [0.15, 0.2) is 42.7 Å². The van der Waals surface area contributed by atoms with Crippen molar-refractivity contribution in [1.82, 2.24) is 9.97 Å². The fourth-order valence-corrected chi connectivity index (χ4v) is 1.18. The van der Waals surface area contributed by atoms with Gasteiger partial charge in [-0.15, -0.1) is 0 Å². The van der Waals surface area contributed by atoms with Gasteiger partial charge in [-0.25, -0.2) is 9.97 Å². The van der Waals surface area contributed by atoms with E-state index in [1.807, 2.05) is 0 Å². The molecule has 0 bridgehead atoms. The minimum atomic E-state index is -0.359. The highest BCUT2D eigenvalue weighted by atomic mass is 16.3. The van der Waals surface area contributed by atoms with E-state index < -0.39 is 0 Å². The van der Waals surface area contributed by atoms with Crippen LogP contribution in [0.1, 0.15) is 10.4 Å². The summed E-state index contributed by atoms with van der Waals surface area (Å²) in [5.74, 6) is -0.0837. The number of benzene rings is 1. The van der Waals surface area contributed by atoms with Crippen molar-refractivity contribution >= 4 is 11.9 Å². The molecule has 0 fully saturated rings. The first-order valence-corrected chi connectivity index (χ1v) is 4.63. The van der Waals surface area contributed by atoms with Gasteiger partial charge in [-0.2, -0.15) is 0 Å². The van der Waals surface area contributed by atoms with Crippen LogP contribution in [-0.2, 0) is 0 Å². The van der Waals surface area contributed by atoms with Crippen molar-refractivity contribution in [2.45, 2.75) is 0 Å². The van der Waals surface area contributed by atoms with Crippen LogP contribution in [0.25, 0.3) is 0 Å². The molecule has 0 saturated heterocycles. The van der Waals surface area contributed by atoms with E-state index in [0.717, 1.165) is 0 Å². The molecule has 16 heavy (non-hydrogen) atoms. The number of amides is 1. The van der Waals surface area contributed by atoms with Crippen LogP contribution in [0.4, 0.5) is 5.95 Å². The summed E-state index contributed by atoms with van der Waals surface area (Å²) < 4.78 is 0. The van der Waals surface area contributed by atoms with E-state index >= 15 is 0 Å². The molecule has 0 aliphatic carbocycles. The number of rotatable bonds is 2. The van der Waals surface area contributed by atoms with E-state index in [-0.39, 0.29) is 17.6 Å². The molecule has 1 amide bonds. The fourth-order valence-electron chi connectivity index (χ4n) is 1.18. The summed E-state index contributed by atoms with van der Waals surface area (Å²) in [6.07, 6.45) is 3.07. The van der Waals surface area contributed by atoms with Gasteiger partial charge in [0.05, 0.1) is 0 Å². The highest BCUT2D eigenvalue weighted by Gasteiger charge is 2.07. The van der Waals surface area contributed by atoms with Crippen LogP contribution < -0.4 is 5.32 Å². The summed E-state index contributed by atoms with van der Waals surface area (Å²) in [6, 6.07) is 7.71. The summed E-state index contributed by atoms with van der Waals surface area (Å²) in [5.41, 5.74) is 0.354. The quantitative estimate of drug-likeness (QED) is 0.794. The van der Waals surface area contributed by atoms with Gasteiger partial charge < -0.3 is 5.11 Å². The maximum atomic E-state index is 11.7. The molecule has 0 radical (unpaired) electrons. The number of anilines is 1. The standard InChI is InChI=1S/C11H9N3O2/c15-9-4-1-3-8(7-9)10(16)14-11-12-5-2-6-13-11/h1-7,15H,(H,12,13,14,16). The number of carbonyl (C=O) groups is 1. The van der Waals surface area contributed by atoms with E-state index in [4.69, 9.17) is 0 Å². The molecule has 2 N–H and O–H groups in total. The van der Waals surface area contributed by atoms with Gasteiger partial charge >= 0.3 is 0 Å². The zero-order chi connectivity index (χ0) is 11.4. The molecule has 5 nitrogen and oxygen atoms in total. The molecule has 2 aromatic rings. The Balaban J connectivity index is 2.15. The zero-order valence-electron chi connectivity index (χ0n) is 8.29. The van der Waals surface area contributed by atoms with E-state index in [2.05, 4.69) is 15.3 Å². The van der Waals surface area contributed by atoms with Crippen molar-refractivity contribution in [2.75, 3.05) is 5.32 Å². The Bertz CT molecular complexity index is 500. The summed E-state index contributed by atoms with van der Waals surface area (Å²) >= 11 is 0. The Kier molecular flexibility index (Phi) is 2.77. The summed E-state index contributed by atoms with van der Waals surface area (Å²) in [7, 11) is 0. The minimum Gasteiger partial charge on any atom is -0.508 e. The number of phenolic OH excluding ortho intramolecular Hbond substituents is 1. The lowest BCUT2D eigenvalue weighted by atomic mass is 10.2. The molecule has 1 aromatic carbocycles. The maximum Gasteiger partial charge on any atom is 0.258 e. The van der Waals surface area contributed by atoms with E-state index in [9.17, 15) is 9.90 Å². The number of hydrogen-bond acceptors (Lipinski definition) is 4. The van der Waals surface area contributed by atoms with Gasteiger partial charge in [-0.3, -0.25) is 10.1 Å². The number of nitrogens with zero attached hydrogens (tertiary/aromatic N) is 2. The Hall–Kier alpha value is -2.43. The Morgan fingerprint density at radius 3 is 2.62 bits per heavy atom. The Labute approximate surface area is 91.8 Å². The normalized spacial score (nSPS) is 9.75. The first-order chi connectivity index (χ1) is 7.75. The van der Waals surface area contributed by atoms with Gasteiger partial charge in [0.1, 0.15) is 5.75 Å². The molecule has 0 atom stereocenters. The van der Waals surface area contributed by atoms with Crippen LogP contribution in [0.2, 0.25) is 0 Å². The van der Waals surface area contributed by atoms with Gasteiger partial charge in [-0.1, -0.05) is 6.07 Å². The topological polar surface area (TPSA) is 75.1 Å². The molecule has 0 aliphatic rings. The third kappa shape index (κ3) is 2.33. The van der Waals surface area contributed by atoms with Gasteiger partial charge in [0.15, 0.2) is 0 Å². The zero-order valence-corrected chi connectivity index (χ0v) is 8.29. The minimum absolute atomic E-state index is 0.0432. The van der Waals surface area contributed by atoms with Crippen molar-refractivity contribution < 1.29 is 9.90 Å².